The maximum atomic E-state index is 12.2. The Labute approximate surface area is 111 Å². The van der Waals surface area contributed by atoms with E-state index in [1.807, 2.05) is 6.92 Å². The molecule has 2 unspecified atom stereocenters. The molecule has 2 N–H and O–H groups in total. The third-order valence-corrected chi connectivity index (χ3v) is 3.61. The van der Waals surface area contributed by atoms with Gasteiger partial charge in [0.1, 0.15) is 0 Å². The van der Waals surface area contributed by atoms with Gasteiger partial charge in [-0.15, -0.1) is 0 Å². The van der Waals surface area contributed by atoms with Crippen molar-refractivity contribution in [3.05, 3.63) is 39.9 Å². The van der Waals surface area contributed by atoms with Crippen molar-refractivity contribution in [3.63, 3.8) is 0 Å². The molecule has 2 rings (SSSR count). The number of nitrogens with two attached hydrogens (primary N) is 1. The second-order valence-corrected chi connectivity index (χ2v) is 4.88. The smallest absolute Gasteiger partial charge is 0.269 e. The van der Waals surface area contributed by atoms with E-state index in [-0.39, 0.29) is 30.1 Å². The van der Waals surface area contributed by atoms with Gasteiger partial charge in [-0.3, -0.25) is 14.9 Å². The van der Waals surface area contributed by atoms with Crippen LogP contribution in [0.15, 0.2) is 24.3 Å². The van der Waals surface area contributed by atoms with Gasteiger partial charge in [0.05, 0.1) is 11.3 Å². The number of non-ortho nitro benzene ring substituents is 1. The van der Waals surface area contributed by atoms with Gasteiger partial charge in [0.15, 0.2) is 0 Å². The van der Waals surface area contributed by atoms with Crippen molar-refractivity contribution in [1.29, 1.82) is 0 Å². The highest BCUT2D eigenvalue weighted by molar-refractivity contribution is 5.79. The number of benzene rings is 1. The van der Waals surface area contributed by atoms with E-state index in [0.717, 1.165) is 6.42 Å². The van der Waals surface area contributed by atoms with Crippen LogP contribution in [0.5, 0.6) is 0 Å². The first-order valence-electron chi connectivity index (χ1n) is 6.27. The van der Waals surface area contributed by atoms with Crippen LogP contribution < -0.4 is 5.73 Å². The number of nitrogens with zero attached hydrogens (tertiary/aromatic N) is 2. The Hall–Kier alpha value is -1.95. The highest BCUT2D eigenvalue weighted by Crippen LogP contribution is 2.19. The van der Waals surface area contributed by atoms with Gasteiger partial charge in [-0.25, -0.2) is 0 Å². The third kappa shape index (κ3) is 2.90. The van der Waals surface area contributed by atoms with Gasteiger partial charge in [0.2, 0.25) is 5.91 Å². The summed E-state index contributed by atoms with van der Waals surface area (Å²) in [6, 6.07) is 6.24. The predicted octanol–water partition coefficient (Wildman–Crippen LogP) is 1.09. The van der Waals surface area contributed by atoms with Crippen molar-refractivity contribution in [3.8, 4) is 0 Å². The summed E-state index contributed by atoms with van der Waals surface area (Å²) in [5.41, 5.74) is 6.55. The number of nitro groups is 1. The lowest BCUT2D eigenvalue weighted by Gasteiger charge is -2.23. The van der Waals surface area contributed by atoms with E-state index in [0.29, 0.717) is 12.1 Å². The molecule has 2 atom stereocenters. The Kier molecular flexibility index (Phi) is 3.80. The minimum Gasteiger partial charge on any atom is -0.338 e. The SMILES string of the molecule is CC1C(N)CCN1C(=O)Cc1cccc([N+](=O)[O-])c1. The molecule has 19 heavy (non-hydrogen) atoms. The molecule has 102 valence electrons. The molecule has 1 fully saturated rings. The summed E-state index contributed by atoms with van der Waals surface area (Å²) in [5.74, 6) is -0.0269. The fourth-order valence-corrected chi connectivity index (χ4v) is 2.37. The molecule has 1 aromatic carbocycles. The summed E-state index contributed by atoms with van der Waals surface area (Å²) in [4.78, 5) is 24.1. The van der Waals surface area contributed by atoms with E-state index in [1.54, 1.807) is 17.0 Å². The quantitative estimate of drug-likeness (QED) is 0.652. The summed E-state index contributed by atoms with van der Waals surface area (Å²) >= 11 is 0. The molecule has 0 aromatic heterocycles. The Morgan fingerprint density at radius 1 is 1.58 bits per heavy atom. The summed E-state index contributed by atoms with van der Waals surface area (Å²) in [5, 5.41) is 10.7. The lowest BCUT2D eigenvalue weighted by molar-refractivity contribution is -0.384. The number of amides is 1. The van der Waals surface area contributed by atoms with E-state index in [4.69, 9.17) is 5.73 Å². The van der Waals surface area contributed by atoms with Crippen LogP contribution >= 0.6 is 0 Å². The fourth-order valence-electron chi connectivity index (χ4n) is 2.37. The number of hydrogen-bond donors (Lipinski definition) is 1. The van der Waals surface area contributed by atoms with Crippen LogP contribution in [0.4, 0.5) is 5.69 Å². The van der Waals surface area contributed by atoms with Crippen LogP contribution in [0.1, 0.15) is 18.9 Å². The van der Waals surface area contributed by atoms with Gasteiger partial charge >= 0.3 is 0 Å². The molecule has 1 aliphatic heterocycles. The first-order chi connectivity index (χ1) is 8.99. The Balaban J connectivity index is 2.07. The van der Waals surface area contributed by atoms with Crippen LogP contribution in [0.25, 0.3) is 0 Å². The molecule has 1 amide bonds. The van der Waals surface area contributed by atoms with Crippen LogP contribution in [0.3, 0.4) is 0 Å². The molecule has 6 heteroatoms. The van der Waals surface area contributed by atoms with Gasteiger partial charge in [0.25, 0.3) is 5.69 Å². The molecular formula is C13H17N3O3. The second-order valence-electron chi connectivity index (χ2n) is 4.88. The van der Waals surface area contributed by atoms with Crippen molar-refractivity contribution in [2.75, 3.05) is 6.54 Å². The summed E-state index contributed by atoms with van der Waals surface area (Å²) < 4.78 is 0. The first-order valence-corrected chi connectivity index (χ1v) is 6.27. The zero-order valence-electron chi connectivity index (χ0n) is 10.8. The average molecular weight is 263 g/mol. The Morgan fingerprint density at radius 2 is 2.32 bits per heavy atom. The normalized spacial score (nSPS) is 22.5. The van der Waals surface area contributed by atoms with Crippen molar-refractivity contribution in [1.82, 2.24) is 4.90 Å². The number of carbonyl (C=O) groups is 1. The zero-order chi connectivity index (χ0) is 14.0. The number of rotatable bonds is 3. The van der Waals surface area contributed by atoms with Crippen molar-refractivity contribution < 1.29 is 9.72 Å². The van der Waals surface area contributed by atoms with Gasteiger partial charge in [-0.2, -0.15) is 0 Å². The number of carbonyl (C=O) groups excluding carboxylic acids is 1. The van der Waals surface area contributed by atoms with Gasteiger partial charge in [-0.05, 0) is 18.9 Å². The van der Waals surface area contributed by atoms with E-state index in [2.05, 4.69) is 0 Å². The van der Waals surface area contributed by atoms with Crippen molar-refractivity contribution in [2.24, 2.45) is 5.73 Å². The van der Waals surface area contributed by atoms with Crippen LogP contribution in [0, 0.1) is 10.1 Å². The van der Waals surface area contributed by atoms with Crippen molar-refractivity contribution >= 4 is 11.6 Å². The molecular weight excluding hydrogens is 246 g/mol. The molecule has 6 nitrogen and oxygen atoms in total. The minimum absolute atomic E-state index is 0.0106. The maximum absolute atomic E-state index is 12.2. The summed E-state index contributed by atoms with van der Waals surface area (Å²) in [6.07, 6.45) is 0.987. The van der Waals surface area contributed by atoms with Gasteiger partial charge in [-0.1, -0.05) is 12.1 Å². The molecule has 1 aromatic rings. The summed E-state index contributed by atoms with van der Waals surface area (Å²) in [6.45, 7) is 2.60. The average Bonchev–Trinajstić information content (AvgIpc) is 2.70. The lowest BCUT2D eigenvalue weighted by atomic mass is 10.1. The van der Waals surface area contributed by atoms with Crippen LogP contribution in [0.2, 0.25) is 0 Å². The Bertz CT molecular complexity index is 504. The molecule has 1 aliphatic rings. The predicted molar refractivity (Wildman–Crippen MR) is 70.6 cm³/mol. The molecule has 1 heterocycles. The molecule has 0 radical (unpaired) electrons. The van der Waals surface area contributed by atoms with Gasteiger partial charge < -0.3 is 10.6 Å². The lowest BCUT2D eigenvalue weighted by Crippen LogP contribution is -2.41. The highest BCUT2D eigenvalue weighted by Gasteiger charge is 2.31. The summed E-state index contributed by atoms with van der Waals surface area (Å²) in [7, 11) is 0. The molecule has 0 aliphatic carbocycles. The zero-order valence-corrected chi connectivity index (χ0v) is 10.8. The third-order valence-electron chi connectivity index (χ3n) is 3.61. The number of hydrogen-bond acceptors (Lipinski definition) is 4. The largest absolute Gasteiger partial charge is 0.338 e. The van der Waals surface area contributed by atoms with E-state index in [9.17, 15) is 14.9 Å². The van der Waals surface area contributed by atoms with Crippen molar-refractivity contribution in [2.45, 2.75) is 31.8 Å². The molecule has 0 spiro atoms. The topological polar surface area (TPSA) is 89.5 Å². The fraction of sp³-hybridized carbons (Fsp3) is 0.462. The monoisotopic (exact) mass is 263 g/mol. The molecule has 0 bridgehead atoms. The van der Waals surface area contributed by atoms with E-state index < -0.39 is 4.92 Å². The second kappa shape index (κ2) is 5.36. The maximum Gasteiger partial charge on any atom is 0.269 e. The Morgan fingerprint density at radius 3 is 2.89 bits per heavy atom. The molecule has 0 saturated carbocycles. The highest BCUT2D eigenvalue weighted by atomic mass is 16.6. The first kappa shape index (κ1) is 13.5. The van der Waals surface area contributed by atoms with E-state index >= 15 is 0 Å². The number of likely N-dealkylation sites (tertiary alicyclic amines) is 1. The van der Waals surface area contributed by atoms with E-state index in [1.165, 1.54) is 12.1 Å². The minimum atomic E-state index is -0.456. The van der Waals surface area contributed by atoms with Gasteiger partial charge in [0, 0.05) is 30.8 Å². The van der Waals surface area contributed by atoms with Crippen LogP contribution in [-0.2, 0) is 11.2 Å². The molecule has 1 saturated heterocycles. The standard InChI is InChI=1S/C13H17N3O3/c1-9-12(14)5-6-15(9)13(17)8-10-3-2-4-11(7-10)16(18)19/h2-4,7,9,12H,5-6,8,14H2,1H3. The van der Waals surface area contributed by atoms with Crippen LogP contribution in [-0.4, -0.2) is 34.4 Å². The number of nitro benzene ring substituents is 1.